The topological polar surface area (TPSA) is 26.0 Å². The van der Waals surface area contributed by atoms with E-state index in [-0.39, 0.29) is 11.5 Å². The minimum atomic E-state index is -4.47. The van der Waals surface area contributed by atoms with Crippen molar-refractivity contribution in [3.63, 3.8) is 0 Å². The summed E-state index contributed by atoms with van der Waals surface area (Å²) in [5.74, 6) is -0.495. The molecular formula is C12H15F4N. The predicted molar refractivity (Wildman–Crippen MR) is 57.8 cm³/mol. The van der Waals surface area contributed by atoms with Gasteiger partial charge in [0.1, 0.15) is 5.82 Å². The number of alkyl halides is 3. The smallest absolute Gasteiger partial charge is 0.324 e. The van der Waals surface area contributed by atoms with Gasteiger partial charge in [0, 0.05) is 11.6 Å². The van der Waals surface area contributed by atoms with Crippen LogP contribution in [-0.4, -0.2) is 0 Å². The zero-order valence-electron chi connectivity index (χ0n) is 9.68. The fraction of sp³-hybridized carbons (Fsp3) is 0.500. The van der Waals surface area contributed by atoms with E-state index >= 15 is 0 Å². The van der Waals surface area contributed by atoms with Gasteiger partial charge < -0.3 is 5.73 Å². The lowest BCUT2D eigenvalue weighted by Gasteiger charge is -2.17. The highest BCUT2D eigenvalue weighted by molar-refractivity contribution is 5.29. The van der Waals surface area contributed by atoms with Crippen molar-refractivity contribution >= 4 is 0 Å². The molecule has 1 nitrogen and oxygen atoms in total. The Morgan fingerprint density at radius 1 is 1.24 bits per heavy atom. The third kappa shape index (κ3) is 3.70. The quantitative estimate of drug-likeness (QED) is 0.808. The molecule has 0 heterocycles. The summed E-state index contributed by atoms with van der Waals surface area (Å²) in [6.07, 6.45) is -4.03. The van der Waals surface area contributed by atoms with E-state index in [4.69, 9.17) is 5.73 Å². The Balaban J connectivity index is 3.06. The highest BCUT2D eigenvalue weighted by Gasteiger charge is 2.31. The molecule has 0 fully saturated rings. The number of benzene rings is 1. The summed E-state index contributed by atoms with van der Waals surface area (Å²) in [5, 5.41) is 0. The molecule has 1 aromatic rings. The van der Waals surface area contributed by atoms with Crippen molar-refractivity contribution in [1.82, 2.24) is 0 Å². The zero-order chi connectivity index (χ0) is 13.2. The van der Waals surface area contributed by atoms with Gasteiger partial charge in [-0.1, -0.05) is 13.8 Å². The van der Waals surface area contributed by atoms with E-state index in [0.29, 0.717) is 6.42 Å². The molecule has 5 heteroatoms. The van der Waals surface area contributed by atoms with Gasteiger partial charge in [0.2, 0.25) is 0 Å². The largest absolute Gasteiger partial charge is 0.416 e. The Morgan fingerprint density at radius 3 is 2.29 bits per heavy atom. The van der Waals surface area contributed by atoms with E-state index in [1.54, 1.807) is 0 Å². The monoisotopic (exact) mass is 249 g/mol. The van der Waals surface area contributed by atoms with Crippen LogP contribution in [0.25, 0.3) is 0 Å². The molecule has 96 valence electrons. The lowest BCUT2D eigenvalue weighted by Crippen LogP contribution is -2.16. The van der Waals surface area contributed by atoms with Crippen molar-refractivity contribution in [3.05, 3.63) is 35.1 Å². The number of rotatable bonds is 3. The van der Waals surface area contributed by atoms with Crippen molar-refractivity contribution in [2.75, 3.05) is 0 Å². The fourth-order valence-corrected chi connectivity index (χ4v) is 1.64. The van der Waals surface area contributed by atoms with E-state index in [1.807, 2.05) is 13.8 Å². The molecule has 0 spiro atoms. The molecule has 0 unspecified atom stereocenters. The predicted octanol–water partition coefficient (Wildman–Crippen LogP) is 3.89. The van der Waals surface area contributed by atoms with E-state index < -0.39 is 23.6 Å². The van der Waals surface area contributed by atoms with Crippen LogP contribution in [0.2, 0.25) is 0 Å². The average Bonchev–Trinajstić information content (AvgIpc) is 2.15. The summed E-state index contributed by atoms with van der Waals surface area (Å²) in [7, 11) is 0. The maximum Gasteiger partial charge on any atom is 0.416 e. The van der Waals surface area contributed by atoms with Gasteiger partial charge in [0.25, 0.3) is 0 Å². The van der Waals surface area contributed by atoms with E-state index in [2.05, 4.69) is 0 Å². The van der Waals surface area contributed by atoms with Crippen LogP contribution < -0.4 is 5.73 Å². The van der Waals surface area contributed by atoms with Crippen molar-refractivity contribution in [3.8, 4) is 0 Å². The second kappa shape index (κ2) is 5.04. The summed E-state index contributed by atoms with van der Waals surface area (Å²) in [6, 6.07) is 1.62. The molecule has 0 aliphatic heterocycles. The molecule has 0 amide bonds. The van der Waals surface area contributed by atoms with Gasteiger partial charge in [-0.2, -0.15) is 13.2 Å². The van der Waals surface area contributed by atoms with Crippen LogP contribution in [0.4, 0.5) is 17.6 Å². The maximum atomic E-state index is 13.4. The SMILES string of the molecule is CC(C)C[C@H](N)c1cc(C(F)(F)F)ccc1F. The van der Waals surface area contributed by atoms with Crippen molar-refractivity contribution in [1.29, 1.82) is 0 Å². The summed E-state index contributed by atoms with van der Waals surface area (Å²) in [6.45, 7) is 3.76. The van der Waals surface area contributed by atoms with Crippen LogP contribution in [0.1, 0.15) is 37.4 Å². The third-order valence-electron chi connectivity index (χ3n) is 2.45. The second-order valence-corrected chi connectivity index (χ2v) is 4.47. The maximum absolute atomic E-state index is 13.4. The molecule has 0 aromatic heterocycles. The van der Waals surface area contributed by atoms with Gasteiger partial charge >= 0.3 is 6.18 Å². The van der Waals surface area contributed by atoms with Gasteiger partial charge in [-0.15, -0.1) is 0 Å². The molecule has 0 aliphatic rings. The number of halogens is 4. The summed E-state index contributed by atoms with van der Waals surface area (Å²) < 4.78 is 50.8. The first-order valence-corrected chi connectivity index (χ1v) is 5.34. The highest BCUT2D eigenvalue weighted by Crippen LogP contribution is 2.32. The lowest BCUT2D eigenvalue weighted by atomic mass is 9.96. The zero-order valence-corrected chi connectivity index (χ0v) is 9.68. The van der Waals surface area contributed by atoms with Gasteiger partial charge in [-0.3, -0.25) is 0 Å². The molecule has 0 saturated carbocycles. The third-order valence-corrected chi connectivity index (χ3v) is 2.45. The Hall–Kier alpha value is -1.10. The normalized spacial score (nSPS) is 14.1. The molecule has 17 heavy (non-hydrogen) atoms. The van der Waals surface area contributed by atoms with Crippen molar-refractivity contribution < 1.29 is 17.6 Å². The summed E-state index contributed by atoms with van der Waals surface area (Å²) in [5.41, 5.74) is 4.76. The first-order chi connectivity index (χ1) is 7.71. The van der Waals surface area contributed by atoms with E-state index in [0.717, 1.165) is 18.2 Å². The molecule has 0 aliphatic carbocycles. The van der Waals surface area contributed by atoms with Crippen LogP contribution in [0.5, 0.6) is 0 Å². The minimum absolute atomic E-state index is 0.0754. The van der Waals surface area contributed by atoms with Crippen LogP contribution >= 0.6 is 0 Å². The Bertz CT molecular complexity index is 385. The number of hydrogen-bond donors (Lipinski definition) is 1. The number of nitrogens with two attached hydrogens (primary N) is 1. The molecule has 0 saturated heterocycles. The van der Waals surface area contributed by atoms with Crippen molar-refractivity contribution in [2.45, 2.75) is 32.5 Å². The fourth-order valence-electron chi connectivity index (χ4n) is 1.64. The Morgan fingerprint density at radius 2 is 1.82 bits per heavy atom. The van der Waals surface area contributed by atoms with Crippen LogP contribution in [0.15, 0.2) is 18.2 Å². The van der Waals surface area contributed by atoms with Crippen LogP contribution in [0.3, 0.4) is 0 Å². The molecule has 1 rings (SSSR count). The van der Waals surface area contributed by atoms with Gasteiger partial charge in [-0.05, 0) is 30.5 Å². The minimum Gasteiger partial charge on any atom is -0.324 e. The standard InChI is InChI=1S/C12H15F4N/c1-7(2)5-11(17)9-6-8(12(14,15)16)3-4-10(9)13/h3-4,6-7,11H,5,17H2,1-2H3/t11-/m0/s1. The summed E-state index contributed by atoms with van der Waals surface area (Å²) >= 11 is 0. The van der Waals surface area contributed by atoms with Gasteiger partial charge in [-0.25, -0.2) is 4.39 Å². The van der Waals surface area contributed by atoms with Crippen molar-refractivity contribution in [2.24, 2.45) is 11.7 Å². The van der Waals surface area contributed by atoms with E-state index in [1.165, 1.54) is 0 Å². The second-order valence-electron chi connectivity index (χ2n) is 4.47. The molecule has 0 radical (unpaired) electrons. The summed E-state index contributed by atoms with van der Waals surface area (Å²) in [4.78, 5) is 0. The molecule has 0 bridgehead atoms. The Kier molecular flexibility index (Phi) is 4.14. The molecular weight excluding hydrogens is 234 g/mol. The van der Waals surface area contributed by atoms with Crippen LogP contribution in [-0.2, 0) is 6.18 Å². The number of hydrogen-bond acceptors (Lipinski definition) is 1. The van der Waals surface area contributed by atoms with Crippen LogP contribution in [0, 0.1) is 11.7 Å². The lowest BCUT2D eigenvalue weighted by molar-refractivity contribution is -0.137. The molecule has 2 N–H and O–H groups in total. The molecule has 1 aromatic carbocycles. The first-order valence-electron chi connectivity index (χ1n) is 5.34. The average molecular weight is 249 g/mol. The molecule has 1 atom stereocenters. The van der Waals surface area contributed by atoms with Gasteiger partial charge in [0.15, 0.2) is 0 Å². The first kappa shape index (κ1) is 14.0. The Labute approximate surface area is 97.6 Å². The highest BCUT2D eigenvalue weighted by atomic mass is 19.4. The van der Waals surface area contributed by atoms with E-state index in [9.17, 15) is 17.6 Å². The van der Waals surface area contributed by atoms with Gasteiger partial charge in [0.05, 0.1) is 5.56 Å².